The predicted molar refractivity (Wildman–Crippen MR) is 69.2 cm³/mol. The summed E-state index contributed by atoms with van der Waals surface area (Å²) in [5, 5.41) is 0. The fourth-order valence-corrected chi connectivity index (χ4v) is 1.85. The molecule has 0 N–H and O–H groups in total. The zero-order valence-electron chi connectivity index (χ0n) is 10.2. The maximum atomic E-state index is 3.87. The lowest BCUT2D eigenvalue weighted by atomic mass is 9.93. The molecular weight excluding hydrogens is 180 g/mol. The van der Waals surface area contributed by atoms with Crippen molar-refractivity contribution >= 4 is 6.08 Å². The summed E-state index contributed by atoms with van der Waals surface area (Å²) in [4.78, 5) is 0. The quantitative estimate of drug-likeness (QED) is 0.643. The van der Waals surface area contributed by atoms with Crippen LogP contribution in [-0.2, 0) is 6.42 Å². The zero-order chi connectivity index (χ0) is 11.3. The highest BCUT2D eigenvalue weighted by molar-refractivity contribution is 5.53. The first-order valence-corrected chi connectivity index (χ1v) is 5.98. The van der Waals surface area contributed by atoms with Crippen LogP contribution in [-0.4, -0.2) is 0 Å². The molecule has 0 saturated heterocycles. The van der Waals surface area contributed by atoms with Crippen LogP contribution >= 0.6 is 0 Å². The Morgan fingerprint density at radius 2 is 2.07 bits per heavy atom. The molecule has 82 valence electrons. The molecule has 15 heavy (non-hydrogen) atoms. The van der Waals surface area contributed by atoms with E-state index in [4.69, 9.17) is 0 Å². The number of benzene rings is 1. The van der Waals surface area contributed by atoms with E-state index in [1.54, 1.807) is 0 Å². The molecule has 0 spiro atoms. The molecule has 0 amide bonds. The van der Waals surface area contributed by atoms with E-state index < -0.39 is 0 Å². The van der Waals surface area contributed by atoms with Crippen molar-refractivity contribution in [2.24, 2.45) is 0 Å². The molecule has 0 aliphatic carbocycles. The van der Waals surface area contributed by atoms with Crippen molar-refractivity contribution in [1.29, 1.82) is 0 Å². The van der Waals surface area contributed by atoms with Crippen molar-refractivity contribution in [3.8, 4) is 0 Å². The standard InChI is InChI=1S/C15H22/c1-5-8-15-11-14(12(4)6-2)10-9-13(15)7-3/h7,9-12H,3,5-6,8H2,1-2,4H3. The molecule has 0 heterocycles. The summed E-state index contributed by atoms with van der Waals surface area (Å²) in [5.41, 5.74) is 4.21. The van der Waals surface area contributed by atoms with Crippen LogP contribution in [0.15, 0.2) is 24.8 Å². The third kappa shape index (κ3) is 2.95. The lowest BCUT2D eigenvalue weighted by molar-refractivity contribution is 0.731. The SMILES string of the molecule is C=Cc1ccc(C(C)CC)cc1CCC. The fraction of sp³-hybridized carbons (Fsp3) is 0.467. The van der Waals surface area contributed by atoms with Crippen LogP contribution < -0.4 is 0 Å². The Morgan fingerprint density at radius 1 is 1.33 bits per heavy atom. The summed E-state index contributed by atoms with van der Waals surface area (Å²) in [6, 6.07) is 6.80. The molecule has 1 unspecified atom stereocenters. The second-order valence-electron chi connectivity index (χ2n) is 4.22. The second kappa shape index (κ2) is 5.75. The van der Waals surface area contributed by atoms with Gasteiger partial charge in [0.25, 0.3) is 0 Å². The fourth-order valence-electron chi connectivity index (χ4n) is 1.85. The van der Waals surface area contributed by atoms with E-state index in [-0.39, 0.29) is 0 Å². The molecule has 0 fully saturated rings. The molecular formula is C15H22. The molecule has 1 aromatic rings. The predicted octanol–water partition coefficient (Wildman–Crippen LogP) is 4.80. The molecule has 0 bridgehead atoms. The smallest absolute Gasteiger partial charge is 0.0193 e. The zero-order valence-corrected chi connectivity index (χ0v) is 10.2. The molecule has 0 radical (unpaired) electrons. The minimum Gasteiger partial charge on any atom is -0.0985 e. The number of rotatable bonds is 5. The van der Waals surface area contributed by atoms with Crippen molar-refractivity contribution in [3.63, 3.8) is 0 Å². The van der Waals surface area contributed by atoms with Gasteiger partial charge in [0.2, 0.25) is 0 Å². The van der Waals surface area contributed by atoms with Crippen LogP contribution in [0.25, 0.3) is 6.08 Å². The lowest BCUT2D eigenvalue weighted by Crippen LogP contribution is -1.95. The van der Waals surface area contributed by atoms with Crippen LogP contribution in [0.5, 0.6) is 0 Å². The van der Waals surface area contributed by atoms with Gasteiger partial charge in [-0.15, -0.1) is 0 Å². The normalized spacial score (nSPS) is 12.5. The van der Waals surface area contributed by atoms with Gasteiger partial charge < -0.3 is 0 Å². The minimum atomic E-state index is 0.666. The van der Waals surface area contributed by atoms with Crippen LogP contribution in [0.3, 0.4) is 0 Å². The molecule has 0 saturated carbocycles. The van der Waals surface area contributed by atoms with Gasteiger partial charge in [-0.25, -0.2) is 0 Å². The van der Waals surface area contributed by atoms with Gasteiger partial charge in [-0.3, -0.25) is 0 Å². The summed E-state index contributed by atoms with van der Waals surface area (Å²) >= 11 is 0. The molecule has 1 aromatic carbocycles. The average Bonchev–Trinajstić information content (AvgIpc) is 2.28. The summed E-state index contributed by atoms with van der Waals surface area (Å²) in [6.45, 7) is 10.6. The van der Waals surface area contributed by atoms with Gasteiger partial charge in [0.05, 0.1) is 0 Å². The Hall–Kier alpha value is -1.04. The lowest BCUT2D eigenvalue weighted by Gasteiger charge is -2.13. The Labute approximate surface area is 94.0 Å². The summed E-state index contributed by atoms with van der Waals surface area (Å²) < 4.78 is 0. The maximum Gasteiger partial charge on any atom is -0.0193 e. The van der Waals surface area contributed by atoms with Gasteiger partial charge >= 0.3 is 0 Å². The van der Waals surface area contributed by atoms with E-state index in [1.807, 2.05) is 6.08 Å². The van der Waals surface area contributed by atoms with Gasteiger partial charge in [-0.1, -0.05) is 58.0 Å². The number of hydrogen-bond donors (Lipinski definition) is 0. The molecule has 0 aliphatic rings. The van der Waals surface area contributed by atoms with Gasteiger partial charge in [-0.2, -0.15) is 0 Å². The Bertz CT molecular complexity index is 323. The highest BCUT2D eigenvalue weighted by Crippen LogP contribution is 2.23. The van der Waals surface area contributed by atoms with Crippen molar-refractivity contribution in [1.82, 2.24) is 0 Å². The molecule has 0 heteroatoms. The third-order valence-corrected chi connectivity index (χ3v) is 3.09. The third-order valence-electron chi connectivity index (χ3n) is 3.09. The summed E-state index contributed by atoms with van der Waals surface area (Å²) in [7, 11) is 0. The summed E-state index contributed by atoms with van der Waals surface area (Å²) in [6.07, 6.45) is 5.53. The van der Waals surface area contributed by atoms with E-state index in [1.165, 1.54) is 29.5 Å². The second-order valence-corrected chi connectivity index (χ2v) is 4.22. The Balaban J connectivity index is 3.03. The van der Waals surface area contributed by atoms with Crippen molar-refractivity contribution in [2.45, 2.75) is 46.0 Å². The first-order valence-electron chi connectivity index (χ1n) is 5.98. The van der Waals surface area contributed by atoms with Gasteiger partial charge in [0, 0.05) is 0 Å². The molecule has 0 aliphatic heterocycles. The van der Waals surface area contributed by atoms with Gasteiger partial charge in [0.1, 0.15) is 0 Å². The molecule has 0 nitrogen and oxygen atoms in total. The molecule has 1 rings (SSSR count). The van der Waals surface area contributed by atoms with Crippen molar-refractivity contribution in [3.05, 3.63) is 41.5 Å². The van der Waals surface area contributed by atoms with E-state index in [9.17, 15) is 0 Å². The number of aryl methyl sites for hydroxylation is 1. The maximum absolute atomic E-state index is 3.87. The van der Waals surface area contributed by atoms with Crippen LogP contribution in [0.1, 0.15) is 56.2 Å². The molecule has 1 atom stereocenters. The summed E-state index contributed by atoms with van der Waals surface area (Å²) in [5.74, 6) is 0.666. The van der Waals surface area contributed by atoms with E-state index in [0.29, 0.717) is 5.92 Å². The van der Waals surface area contributed by atoms with Crippen LogP contribution in [0, 0.1) is 0 Å². The van der Waals surface area contributed by atoms with Crippen molar-refractivity contribution in [2.75, 3.05) is 0 Å². The van der Waals surface area contributed by atoms with Crippen LogP contribution in [0.2, 0.25) is 0 Å². The highest BCUT2D eigenvalue weighted by atomic mass is 14.1. The van der Waals surface area contributed by atoms with Crippen LogP contribution in [0.4, 0.5) is 0 Å². The van der Waals surface area contributed by atoms with E-state index in [0.717, 1.165) is 6.42 Å². The van der Waals surface area contributed by atoms with E-state index >= 15 is 0 Å². The topological polar surface area (TPSA) is 0 Å². The van der Waals surface area contributed by atoms with Gasteiger partial charge in [-0.05, 0) is 35.4 Å². The molecule has 0 aromatic heterocycles. The monoisotopic (exact) mass is 202 g/mol. The first-order chi connectivity index (χ1) is 7.22. The Morgan fingerprint density at radius 3 is 2.60 bits per heavy atom. The largest absolute Gasteiger partial charge is 0.0985 e. The Kier molecular flexibility index (Phi) is 4.61. The average molecular weight is 202 g/mol. The van der Waals surface area contributed by atoms with Gasteiger partial charge in [0.15, 0.2) is 0 Å². The highest BCUT2D eigenvalue weighted by Gasteiger charge is 2.05. The first kappa shape index (κ1) is 12.0. The van der Waals surface area contributed by atoms with E-state index in [2.05, 4.69) is 45.5 Å². The number of hydrogen-bond acceptors (Lipinski definition) is 0. The minimum absolute atomic E-state index is 0.666. The van der Waals surface area contributed by atoms with Crippen molar-refractivity contribution < 1.29 is 0 Å².